The molecule has 1 aliphatic heterocycles. The van der Waals surface area contributed by atoms with Gasteiger partial charge in [-0.25, -0.2) is 0 Å². The molecular formula is C10H13F3N2O4. The lowest BCUT2D eigenvalue weighted by Crippen LogP contribution is -2.41. The number of likely N-dealkylation sites (tertiary alicyclic amines) is 1. The van der Waals surface area contributed by atoms with Crippen molar-refractivity contribution >= 4 is 17.8 Å². The molecule has 1 heterocycles. The molecule has 1 unspecified atom stereocenters. The third kappa shape index (κ3) is 4.76. The van der Waals surface area contributed by atoms with Crippen LogP contribution in [0, 0.1) is 5.92 Å². The largest absolute Gasteiger partial charge is 0.469 e. The molecule has 108 valence electrons. The highest BCUT2D eigenvalue weighted by Crippen LogP contribution is 2.18. The van der Waals surface area contributed by atoms with Crippen molar-refractivity contribution in [3.8, 4) is 0 Å². The van der Waals surface area contributed by atoms with E-state index in [9.17, 15) is 27.6 Å². The Hall–Kier alpha value is -1.80. The quantitative estimate of drug-likeness (QED) is 0.717. The molecule has 0 spiro atoms. The van der Waals surface area contributed by atoms with Crippen molar-refractivity contribution in [2.45, 2.75) is 12.6 Å². The molecule has 1 aliphatic rings. The summed E-state index contributed by atoms with van der Waals surface area (Å²) in [6.07, 6.45) is -4.60. The lowest BCUT2D eigenvalue weighted by atomic mass is 10.1. The van der Waals surface area contributed by atoms with Gasteiger partial charge in [-0.1, -0.05) is 0 Å². The molecular weight excluding hydrogens is 269 g/mol. The van der Waals surface area contributed by atoms with E-state index in [1.807, 2.05) is 0 Å². The van der Waals surface area contributed by atoms with Crippen LogP contribution >= 0.6 is 0 Å². The van der Waals surface area contributed by atoms with Gasteiger partial charge in [0.2, 0.25) is 11.8 Å². The maximum Gasteiger partial charge on any atom is 0.405 e. The first-order chi connectivity index (χ1) is 8.73. The SMILES string of the molecule is COC(=O)C1CC(=O)N(CC(=O)NCC(F)(F)F)C1. The van der Waals surface area contributed by atoms with Crippen molar-refractivity contribution in [1.82, 2.24) is 10.2 Å². The van der Waals surface area contributed by atoms with Gasteiger partial charge in [-0.05, 0) is 0 Å². The lowest BCUT2D eigenvalue weighted by Gasteiger charge is -2.16. The molecule has 1 rings (SSSR count). The fourth-order valence-corrected chi connectivity index (χ4v) is 1.68. The van der Waals surface area contributed by atoms with Crippen molar-refractivity contribution in [3.05, 3.63) is 0 Å². The summed E-state index contributed by atoms with van der Waals surface area (Å²) in [5.41, 5.74) is 0. The number of alkyl halides is 3. The summed E-state index contributed by atoms with van der Waals surface area (Å²) in [5, 5.41) is 1.65. The smallest absolute Gasteiger partial charge is 0.405 e. The van der Waals surface area contributed by atoms with Crippen LogP contribution in [0.5, 0.6) is 0 Å². The minimum atomic E-state index is -4.50. The number of nitrogens with zero attached hydrogens (tertiary/aromatic N) is 1. The van der Waals surface area contributed by atoms with Crippen molar-refractivity contribution in [1.29, 1.82) is 0 Å². The third-order valence-electron chi connectivity index (χ3n) is 2.57. The average Bonchev–Trinajstić information content (AvgIpc) is 2.66. The first-order valence-electron chi connectivity index (χ1n) is 5.42. The van der Waals surface area contributed by atoms with Crippen LogP contribution in [0.15, 0.2) is 0 Å². The van der Waals surface area contributed by atoms with Gasteiger partial charge in [-0.2, -0.15) is 13.2 Å². The summed E-state index contributed by atoms with van der Waals surface area (Å²) in [6.45, 7) is -1.97. The lowest BCUT2D eigenvalue weighted by molar-refractivity contribution is -0.145. The van der Waals surface area contributed by atoms with Crippen LogP contribution in [0.4, 0.5) is 13.2 Å². The Bertz CT molecular complexity index is 383. The topological polar surface area (TPSA) is 75.7 Å². The Kier molecular flexibility index (Phi) is 4.73. The van der Waals surface area contributed by atoms with Gasteiger partial charge in [-0.3, -0.25) is 14.4 Å². The number of halogens is 3. The molecule has 9 heteroatoms. The van der Waals surface area contributed by atoms with Crippen molar-refractivity contribution in [3.63, 3.8) is 0 Å². The summed E-state index contributed by atoms with van der Waals surface area (Å²) >= 11 is 0. The first-order valence-corrected chi connectivity index (χ1v) is 5.42. The molecule has 0 bridgehead atoms. The van der Waals surface area contributed by atoms with Gasteiger partial charge in [0, 0.05) is 13.0 Å². The third-order valence-corrected chi connectivity index (χ3v) is 2.57. The zero-order valence-electron chi connectivity index (χ0n) is 10.1. The average molecular weight is 282 g/mol. The Balaban J connectivity index is 2.43. The van der Waals surface area contributed by atoms with Gasteiger partial charge >= 0.3 is 12.1 Å². The fourth-order valence-electron chi connectivity index (χ4n) is 1.68. The van der Waals surface area contributed by atoms with E-state index in [1.54, 1.807) is 5.32 Å². The van der Waals surface area contributed by atoms with Crippen LogP contribution in [0.25, 0.3) is 0 Å². The van der Waals surface area contributed by atoms with Crippen LogP contribution in [0.1, 0.15) is 6.42 Å². The molecule has 19 heavy (non-hydrogen) atoms. The Labute approximate surface area is 106 Å². The number of carbonyl (C=O) groups is 3. The maximum absolute atomic E-state index is 11.9. The van der Waals surface area contributed by atoms with E-state index in [-0.39, 0.29) is 13.0 Å². The van der Waals surface area contributed by atoms with E-state index in [1.165, 1.54) is 7.11 Å². The standard InChI is InChI=1S/C10H13F3N2O4/c1-19-9(18)6-2-8(17)15(3-6)4-7(16)14-5-10(11,12)13/h6H,2-5H2,1H3,(H,14,16). The zero-order chi connectivity index (χ0) is 14.6. The molecule has 1 N–H and O–H groups in total. The van der Waals surface area contributed by atoms with Crippen LogP contribution in [-0.2, 0) is 19.1 Å². The highest BCUT2D eigenvalue weighted by atomic mass is 19.4. The molecule has 1 atom stereocenters. The molecule has 0 saturated carbocycles. The van der Waals surface area contributed by atoms with Gasteiger partial charge in [0.05, 0.1) is 19.6 Å². The normalized spacial score (nSPS) is 19.5. The van der Waals surface area contributed by atoms with Crippen LogP contribution in [-0.4, -0.2) is 55.6 Å². The predicted molar refractivity (Wildman–Crippen MR) is 55.8 cm³/mol. The van der Waals surface area contributed by atoms with Gasteiger partial charge in [0.1, 0.15) is 6.54 Å². The Morgan fingerprint density at radius 3 is 2.63 bits per heavy atom. The summed E-state index contributed by atoms with van der Waals surface area (Å²) in [4.78, 5) is 34.9. The number of hydrogen-bond acceptors (Lipinski definition) is 4. The van der Waals surface area contributed by atoms with Gasteiger partial charge in [0.15, 0.2) is 0 Å². The number of amides is 2. The molecule has 1 fully saturated rings. The number of esters is 1. The van der Waals surface area contributed by atoms with E-state index in [0.717, 1.165) is 4.90 Å². The Morgan fingerprint density at radius 2 is 2.11 bits per heavy atom. The highest BCUT2D eigenvalue weighted by Gasteiger charge is 2.36. The predicted octanol–water partition coefficient (Wildman–Crippen LogP) is -0.314. The zero-order valence-corrected chi connectivity index (χ0v) is 10.1. The van der Waals surface area contributed by atoms with E-state index < -0.39 is 43.0 Å². The number of methoxy groups -OCH3 is 1. The van der Waals surface area contributed by atoms with E-state index in [0.29, 0.717) is 0 Å². The minimum Gasteiger partial charge on any atom is -0.469 e. The van der Waals surface area contributed by atoms with Crippen molar-refractivity contribution in [2.24, 2.45) is 5.92 Å². The second-order valence-corrected chi connectivity index (χ2v) is 4.09. The van der Waals surface area contributed by atoms with E-state index in [2.05, 4.69) is 4.74 Å². The molecule has 0 radical (unpaired) electrons. The summed E-state index contributed by atoms with van der Waals surface area (Å²) in [5.74, 6) is -2.63. The van der Waals surface area contributed by atoms with Crippen LogP contribution in [0.2, 0.25) is 0 Å². The molecule has 1 saturated heterocycles. The molecule has 0 aromatic rings. The van der Waals surface area contributed by atoms with Crippen molar-refractivity contribution in [2.75, 3.05) is 26.7 Å². The molecule has 6 nitrogen and oxygen atoms in total. The minimum absolute atomic E-state index is 0.0229. The number of ether oxygens (including phenoxy) is 1. The molecule has 0 aliphatic carbocycles. The van der Waals surface area contributed by atoms with Crippen molar-refractivity contribution < 1.29 is 32.3 Å². The monoisotopic (exact) mass is 282 g/mol. The van der Waals surface area contributed by atoms with E-state index >= 15 is 0 Å². The number of carbonyl (C=O) groups excluding carboxylic acids is 3. The highest BCUT2D eigenvalue weighted by molar-refractivity contribution is 5.90. The second-order valence-electron chi connectivity index (χ2n) is 4.09. The van der Waals surface area contributed by atoms with Gasteiger partial charge in [-0.15, -0.1) is 0 Å². The number of hydrogen-bond donors (Lipinski definition) is 1. The molecule has 2 amide bonds. The molecule has 0 aromatic heterocycles. The molecule has 0 aromatic carbocycles. The second kappa shape index (κ2) is 5.89. The first kappa shape index (κ1) is 15.3. The number of rotatable bonds is 4. The summed E-state index contributed by atoms with van der Waals surface area (Å²) in [7, 11) is 1.17. The van der Waals surface area contributed by atoms with Gasteiger partial charge in [0.25, 0.3) is 0 Å². The van der Waals surface area contributed by atoms with Gasteiger partial charge < -0.3 is 15.0 Å². The summed E-state index contributed by atoms with van der Waals surface area (Å²) in [6, 6.07) is 0. The summed E-state index contributed by atoms with van der Waals surface area (Å²) < 4.78 is 40.1. The number of nitrogens with one attached hydrogen (secondary N) is 1. The fraction of sp³-hybridized carbons (Fsp3) is 0.700. The van der Waals surface area contributed by atoms with Crippen LogP contribution in [0.3, 0.4) is 0 Å². The van der Waals surface area contributed by atoms with Crippen LogP contribution < -0.4 is 5.32 Å². The van der Waals surface area contributed by atoms with E-state index in [4.69, 9.17) is 0 Å². The Morgan fingerprint density at radius 1 is 1.47 bits per heavy atom. The maximum atomic E-state index is 11.9.